The Balaban J connectivity index is 1.54. The van der Waals surface area contributed by atoms with Crippen molar-refractivity contribution in [3.8, 4) is 0 Å². The standard InChI is InChI=1S/C16H22N8O2S/c1-4-21-11-14(18-12(21)2)27(25,26)23-9-7-22(8-10-23)15-16-20-19-13(3)24(16)6-5-17-15/h5-6,11H,4,7-10H2,1-3H3. The van der Waals surface area contributed by atoms with Gasteiger partial charge in [0.25, 0.3) is 10.0 Å². The molecule has 0 N–H and O–H groups in total. The van der Waals surface area contributed by atoms with Gasteiger partial charge in [-0.2, -0.15) is 4.31 Å². The number of hydrogen-bond acceptors (Lipinski definition) is 7. The quantitative estimate of drug-likeness (QED) is 0.638. The highest BCUT2D eigenvalue weighted by molar-refractivity contribution is 7.89. The Morgan fingerprint density at radius 3 is 2.48 bits per heavy atom. The monoisotopic (exact) mass is 390 g/mol. The highest BCUT2D eigenvalue weighted by atomic mass is 32.2. The van der Waals surface area contributed by atoms with Crippen LogP contribution in [0.1, 0.15) is 18.6 Å². The molecule has 0 amide bonds. The highest BCUT2D eigenvalue weighted by Crippen LogP contribution is 2.22. The normalized spacial score (nSPS) is 16.3. The predicted molar refractivity (Wildman–Crippen MR) is 99.1 cm³/mol. The molecule has 0 aliphatic carbocycles. The van der Waals surface area contributed by atoms with E-state index in [1.807, 2.05) is 40.8 Å². The first kappa shape index (κ1) is 17.9. The van der Waals surface area contributed by atoms with Crippen molar-refractivity contribution in [3.63, 3.8) is 0 Å². The van der Waals surface area contributed by atoms with Crippen molar-refractivity contribution in [2.45, 2.75) is 32.3 Å². The average molecular weight is 390 g/mol. The van der Waals surface area contributed by atoms with Gasteiger partial charge in [-0.15, -0.1) is 10.2 Å². The van der Waals surface area contributed by atoms with Crippen molar-refractivity contribution in [3.05, 3.63) is 30.2 Å². The molecule has 144 valence electrons. The van der Waals surface area contributed by atoms with E-state index in [-0.39, 0.29) is 5.03 Å². The van der Waals surface area contributed by atoms with Gasteiger partial charge in [0.05, 0.1) is 0 Å². The molecule has 0 spiro atoms. The molecule has 4 rings (SSSR count). The first-order chi connectivity index (χ1) is 12.9. The smallest absolute Gasteiger partial charge is 0.262 e. The fraction of sp³-hybridized carbons (Fsp3) is 0.500. The number of rotatable bonds is 4. The summed E-state index contributed by atoms with van der Waals surface area (Å²) in [6, 6.07) is 0. The van der Waals surface area contributed by atoms with Gasteiger partial charge >= 0.3 is 0 Å². The van der Waals surface area contributed by atoms with E-state index < -0.39 is 10.0 Å². The second-order valence-electron chi connectivity index (χ2n) is 6.50. The van der Waals surface area contributed by atoms with Gasteiger partial charge in [0, 0.05) is 51.3 Å². The molecule has 27 heavy (non-hydrogen) atoms. The minimum Gasteiger partial charge on any atom is -0.351 e. The van der Waals surface area contributed by atoms with Crippen LogP contribution >= 0.6 is 0 Å². The fourth-order valence-electron chi connectivity index (χ4n) is 3.35. The first-order valence-corrected chi connectivity index (χ1v) is 10.3. The zero-order chi connectivity index (χ0) is 19.2. The second kappa shape index (κ2) is 6.57. The van der Waals surface area contributed by atoms with Crippen LogP contribution in [-0.2, 0) is 16.6 Å². The van der Waals surface area contributed by atoms with Gasteiger partial charge < -0.3 is 9.47 Å². The van der Waals surface area contributed by atoms with E-state index in [0.29, 0.717) is 44.2 Å². The van der Waals surface area contributed by atoms with E-state index in [0.717, 1.165) is 11.6 Å². The summed E-state index contributed by atoms with van der Waals surface area (Å²) in [5.41, 5.74) is 0.684. The Bertz CT molecular complexity index is 1080. The van der Waals surface area contributed by atoms with Crippen molar-refractivity contribution in [2.75, 3.05) is 31.1 Å². The molecule has 0 saturated carbocycles. The van der Waals surface area contributed by atoms with Crippen molar-refractivity contribution in [2.24, 2.45) is 0 Å². The topological polar surface area (TPSA) is 102 Å². The zero-order valence-corrected chi connectivity index (χ0v) is 16.4. The third-order valence-corrected chi connectivity index (χ3v) is 6.69. The molecule has 1 aliphatic heterocycles. The van der Waals surface area contributed by atoms with Crippen LogP contribution < -0.4 is 4.90 Å². The van der Waals surface area contributed by atoms with Gasteiger partial charge in [-0.1, -0.05) is 0 Å². The summed E-state index contributed by atoms with van der Waals surface area (Å²) in [6.07, 6.45) is 5.14. The van der Waals surface area contributed by atoms with Gasteiger partial charge in [0.15, 0.2) is 10.8 Å². The van der Waals surface area contributed by atoms with E-state index in [1.165, 1.54) is 4.31 Å². The lowest BCUT2D eigenvalue weighted by Crippen LogP contribution is -2.49. The van der Waals surface area contributed by atoms with Crippen LogP contribution in [0.5, 0.6) is 0 Å². The molecule has 1 fully saturated rings. The maximum absolute atomic E-state index is 12.9. The van der Waals surface area contributed by atoms with E-state index in [4.69, 9.17) is 0 Å². The molecular weight excluding hydrogens is 368 g/mol. The number of sulfonamides is 1. The molecule has 1 aliphatic rings. The van der Waals surface area contributed by atoms with Gasteiger partial charge in [0.1, 0.15) is 11.6 Å². The SMILES string of the molecule is CCn1cc(S(=O)(=O)N2CCN(c3nccn4c(C)nnc34)CC2)nc1C. The zero-order valence-electron chi connectivity index (χ0n) is 15.6. The summed E-state index contributed by atoms with van der Waals surface area (Å²) in [6.45, 7) is 8.15. The molecule has 1 saturated heterocycles. The van der Waals surface area contributed by atoms with Gasteiger partial charge in [0.2, 0.25) is 5.65 Å². The van der Waals surface area contributed by atoms with Crippen LogP contribution in [0.15, 0.2) is 23.6 Å². The Hall–Kier alpha value is -2.53. The molecule has 0 unspecified atom stereocenters. The Kier molecular flexibility index (Phi) is 4.35. The van der Waals surface area contributed by atoms with Gasteiger partial charge in [-0.25, -0.2) is 18.4 Å². The molecule has 0 radical (unpaired) electrons. The predicted octanol–water partition coefficient (Wildman–Crippen LogP) is 0.468. The van der Waals surface area contributed by atoms with Crippen LogP contribution in [0.3, 0.4) is 0 Å². The Morgan fingerprint density at radius 1 is 1.07 bits per heavy atom. The van der Waals surface area contributed by atoms with Crippen molar-refractivity contribution in [1.29, 1.82) is 0 Å². The van der Waals surface area contributed by atoms with Crippen LogP contribution in [-0.4, -0.2) is 68.0 Å². The van der Waals surface area contributed by atoms with Crippen LogP contribution in [0.2, 0.25) is 0 Å². The lowest BCUT2D eigenvalue weighted by molar-refractivity contribution is 0.382. The number of piperazine rings is 1. The number of aromatic nitrogens is 6. The molecule has 3 aromatic rings. The van der Waals surface area contributed by atoms with Crippen molar-refractivity contribution >= 4 is 21.5 Å². The summed E-state index contributed by atoms with van der Waals surface area (Å²) in [5.74, 6) is 2.21. The number of anilines is 1. The minimum absolute atomic E-state index is 0.114. The third-order valence-electron chi connectivity index (χ3n) is 4.92. The number of hydrogen-bond donors (Lipinski definition) is 0. The Labute approximate surface area is 157 Å². The molecule has 0 bridgehead atoms. The maximum atomic E-state index is 12.9. The van der Waals surface area contributed by atoms with E-state index in [1.54, 1.807) is 12.4 Å². The fourth-order valence-corrected chi connectivity index (χ4v) is 4.76. The second-order valence-corrected chi connectivity index (χ2v) is 8.38. The van der Waals surface area contributed by atoms with Crippen LogP contribution in [0.4, 0.5) is 5.82 Å². The average Bonchev–Trinajstić information content (AvgIpc) is 3.25. The number of fused-ring (bicyclic) bond motifs is 1. The molecule has 3 aromatic heterocycles. The summed E-state index contributed by atoms with van der Waals surface area (Å²) in [5, 5.41) is 8.40. The van der Waals surface area contributed by atoms with E-state index in [9.17, 15) is 8.42 Å². The summed E-state index contributed by atoms with van der Waals surface area (Å²) < 4.78 is 31.0. The van der Waals surface area contributed by atoms with Crippen molar-refractivity contribution in [1.82, 2.24) is 33.4 Å². The number of imidazole rings is 1. The molecule has 11 heteroatoms. The van der Waals surface area contributed by atoms with E-state index in [2.05, 4.69) is 20.2 Å². The highest BCUT2D eigenvalue weighted by Gasteiger charge is 2.31. The molecule has 10 nitrogen and oxygen atoms in total. The third kappa shape index (κ3) is 2.96. The maximum Gasteiger partial charge on any atom is 0.262 e. The largest absolute Gasteiger partial charge is 0.351 e. The molecule has 0 aromatic carbocycles. The number of aryl methyl sites for hydroxylation is 3. The Morgan fingerprint density at radius 2 is 1.81 bits per heavy atom. The lowest BCUT2D eigenvalue weighted by Gasteiger charge is -2.34. The lowest BCUT2D eigenvalue weighted by atomic mass is 10.3. The van der Waals surface area contributed by atoms with Crippen LogP contribution in [0.25, 0.3) is 5.65 Å². The summed E-state index contributed by atoms with van der Waals surface area (Å²) in [7, 11) is -3.60. The summed E-state index contributed by atoms with van der Waals surface area (Å²) in [4.78, 5) is 10.7. The number of nitrogens with zero attached hydrogens (tertiary/aromatic N) is 8. The van der Waals surface area contributed by atoms with Crippen LogP contribution in [0, 0.1) is 13.8 Å². The van der Waals surface area contributed by atoms with E-state index >= 15 is 0 Å². The molecule has 4 heterocycles. The van der Waals surface area contributed by atoms with Gasteiger partial charge in [-0.05, 0) is 20.8 Å². The first-order valence-electron chi connectivity index (χ1n) is 8.87. The molecular formula is C16H22N8O2S. The minimum atomic E-state index is -3.60. The molecule has 0 atom stereocenters. The summed E-state index contributed by atoms with van der Waals surface area (Å²) >= 11 is 0. The van der Waals surface area contributed by atoms with Crippen molar-refractivity contribution < 1.29 is 8.42 Å². The van der Waals surface area contributed by atoms with Gasteiger partial charge in [-0.3, -0.25) is 4.40 Å².